The highest BCUT2D eigenvalue weighted by Crippen LogP contribution is 2.43. The van der Waals surface area contributed by atoms with Crippen LogP contribution >= 0.6 is 24.0 Å². The molecule has 1 aliphatic heterocycles. The molecule has 0 spiro atoms. The van der Waals surface area contributed by atoms with E-state index in [2.05, 4.69) is 20.9 Å². The van der Waals surface area contributed by atoms with Gasteiger partial charge in [-0.2, -0.15) is 0 Å². The Labute approximate surface area is 160 Å². The van der Waals surface area contributed by atoms with Crippen LogP contribution in [0.25, 0.3) is 0 Å². The normalized spacial score (nSPS) is 19.4. The van der Waals surface area contributed by atoms with Crippen molar-refractivity contribution in [2.24, 2.45) is 10.4 Å². The van der Waals surface area contributed by atoms with Crippen molar-refractivity contribution < 1.29 is 14.3 Å². The van der Waals surface area contributed by atoms with Crippen LogP contribution in [0.2, 0.25) is 0 Å². The molecule has 24 heavy (non-hydrogen) atoms. The predicted molar refractivity (Wildman–Crippen MR) is 103 cm³/mol. The number of halogens is 1. The minimum absolute atomic E-state index is 0. The predicted octanol–water partition coefficient (Wildman–Crippen LogP) is 0.528. The lowest BCUT2D eigenvalue weighted by Gasteiger charge is -2.42. The maximum Gasteiger partial charge on any atom is 0.324 e. The maximum absolute atomic E-state index is 11.5. The summed E-state index contributed by atoms with van der Waals surface area (Å²) >= 11 is 0. The summed E-state index contributed by atoms with van der Waals surface area (Å²) in [6.07, 6.45) is 4.74. The van der Waals surface area contributed by atoms with Crippen molar-refractivity contribution in [1.82, 2.24) is 20.9 Å². The van der Waals surface area contributed by atoms with Gasteiger partial charge in [-0.3, -0.25) is 14.7 Å². The van der Waals surface area contributed by atoms with Gasteiger partial charge in [-0.1, -0.05) is 6.42 Å². The number of hydrogen-bond acceptors (Lipinski definition) is 4. The average Bonchev–Trinajstić information content (AvgIpc) is 2.83. The molecule has 0 unspecified atom stereocenters. The van der Waals surface area contributed by atoms with E-state index >= 15 is 0 Å². The fraction of sp³-hybridized carbons (Fsp3) is 0.800. The number of rotatable bonds is 8. The van der Waals surface area contributed by atoms with Crippen LogP contribution in [0.1, 0.15) is 25.7 Å². The van der Waals surface area contributed by atoms with E-state index in [0.717, 1.165) is 19.6 Å². The van der Waals surface area contributed by atoms with Crippen LogP contribution in [0, 0.1) is 5.41 Å². The molecule has 3 amide bonds. The molecule has 0 aromatic rings. The van der Waals surface area contributed by atoms with Crippen molar-refractivity contribution in [3.8, 4) is 0 Å². The summed E-state index contributed by atoms with van der Waals surface area (Å²) in [5.41, 5.74) is 0.304. The van der Waals surface area contributed by atoms with Crippen LogP contribution in [0.5, 0.6) is 0 Å². The lowest BCUT2D eigenvalue weighted by Crippen LogP contribution is -2.48. The monoisotopic (exact) mass is 453 g/mol. The molecule has 3 N–H and O–H groups in total. The van der Waals surface area contributed by atoms with Crippen molar-refractivity contribution in [3.63, 3.8) is 0 Å². The standard InChI is InChI=1S/C15H27N5O3.HI/c1-16-13(17-7-8-20-12(21)10-18-14(20)22)19-11-15(4-3-5-15)6-9-23-2;/h3-11H2,1-2H3,(H,18,22)(H2,16,17,19);1H. The van der Waals surface area contributed by atoms with Gasteiger partial charge < -0.3 is 20.7 Å². The fourth-order valence-corrected chi connectivity index (χ4v) is 2.97. The molecule has 0 aromatic heterocycles. The first-order valence-corrected chi connectivity index (χ1v) is 8.12. The molecule has 9 heteroatoms. The average molecular weight is 453 g/mol. The highest BCUT2D eigenvalue weighted by molar-refractivity contribution is 14.0. The number of guanidine groups is 1. The Morgan fingerprint density at radius 1 is 1.38 bits per heavy atom. The Morgan fingerprint density at radius 2 is 2.12 bits per heavy atom. The van der Waals surface area contributed by atoms with Gasteiger partial charge in [0.1, 0.15) is 0 Å². The van der Waals surface area contributed by atoms with Gasteiger partial charge in [0.15, 0.2) is 5.96 Å². The Morgan fingerprint density at radius 3 is 2.62 bits per heavy atom. The molecule has 1 heterocycles. The minimum Gasteiger partial charge on any atom is -0.385 e. The summed E-state index contributed by atoms with van der Waals surface area (Å²) in [7, 11) is 3.45. The van der Waals surface area contributed by atoms with Gasteiger partial charge in [-0.15, -0.1) is 24.0 Å². The third kappa shape index (κ3) is 5.47. The number of urea groups is 1. The topological polar surface area (TPSA) is 95.1 Å². The van der Waals surface area contributed by atoms with Crippen LogP contribution < -0.4 is 16.0 Å². The van der Waals surface area contributed by atoms with Crippen molar-refractivity contribution in [2.75, 3.05) is 46.9 Å². The van der Waals surface area contributed by atoms with Gasteiger partial charge in [0.25, 0.3) is 0 Å². The quantitative estimate of drug-likeness (QED) is 0.216. The Balaban J connectivity index is 0.00000288. The first kappa shape index (κ1) is 20.9. The fourth-order valence-electron chi connectivity index (χ4n) is 2.97. The summed E-state index contributed by atoms with van der Waals surface area (Å²) in [5, 5.41) is 9.00. The number of aliphatic imine (C=N–C) groups is 1. The van der Waals surface area contributed by atoms with E-state index in [0.29, 0.717) is 24.5 Å². The minimum atomic E-state index is -0.326. The molecular weight excluding hydrogens is 425 g/mol. The lowest BCUT2D eigenvalue weighted by molar-refractivity contribution is -0.124. The molecule has 1 aliphatic carbocycles. The highest BCUT2D eigenvalue weighted by atomic mass is 127. The van der Waals surface area contributed by atoms with Crippen LogP contribution in [0.4, 0.5) is 4.79 Å². The summed E-state index contributed by atoms with van der Waals surface area (Å²) in [6, 6.07) is -0.326. The van der Waals surface area contributed by atoms with Crippen LogP contribution in [-0.2, 0) is 9.53 Å². The summed E-state index contributed by atoms with van der Waals surface area (Å²) in [5.74, 6) is 0.508. The second-order valence-corrected chi connectivity index (χ2v) is 6.15. The van der Waals surface area contributed by atoms with E-state index in [1.807, 2.05) is 0 Å². The lowest BCUT2D eigenvalue weighted by atomic mass is 9.67. The third-order valence-electron chi connectivity index (χ3n) is 4.67. The zero-order chi connectivity index (χ0) is 16.7. The molecule has 0 bridgehead atoms. The molecular formula is C15H28IN5O3. The van der Waals surface area contributed by atoms with Gasteiger partial charge in [-0.05, 0) is 24.7 Å². The van der Waals surface area contributed by atoms with Gasteiger partial charge >= 0.3 is 6.03 Å². The van der Waals surface area contributed by atoms with Crippen LogP contribution in [-0.4, -0.2) is 69.7 Å². The number of carbonyl (C=O) groups is 2. The number of methoxy groups -OCH3 is 1. The zero-order valence-electron chi connectivity index (χ0n) is 14.4. The molecule has 0 atom stereocenters. The van der Waals surface area contributed by atoms with Crippen molar-refractivity contribution >= 4 is 41.9 Å². The van der Waals surface area contributed by atoms with E-state index < -0.39 is 0 Å². The smallest absolute Gasteiger partial charge is 0.324 e. The SMILES string of the molecule is CN=C(NCCN1C(=O)CNC1=O)NCC1(CCOC)CCC1.I. The summed E-state index contributed by atoms with van der Waals surface area (Å²) < 4.78 is 5.20. The number of carbonyl (C=O) groups excluding carboxylic acids is 2. The van der Waals surface area contributed by atoms with E-state index in [4.69, 9.17) is 4.74 Å². The number of amides is 3. The molecule has 1 saturated carbocycles. The number of hydrogen-bond donors (Lipinski definition) is 3. The molecule has 1 saturated heterocycles. The van der Waals surface area contributed by atoms with Crippen LogP contribution in [0.3, 0.4) is 0 Å². The Kier molecular flexibility index (Phi) is 8.74. The van der Waals surface area contributed by atoms with E-state index in [-0.39, 0.29) is 42.5 Å². The summed E-state index contributed by atoms with van der Waals surface area (Å²) in [6.45, 7) is 2.54. The van der Waals surface area contributed by atoms with Crippen molar-refractivity contribution in [2.45, 2.75) is 25.7 Å². The van der Waals surface area contributed by atoms with E-state index in [9.17, 15) is 9.59 Å². The number of nitrogens with one attached hydrogen (secondary N) is 3. The van der Waals surface area contributed by atoms with Crippen molar-refractivity contribution in [3.05, 3.63) is 0 Å². The highest BCUT2D eigenvalue weighted by Gasteiger charge is 2.36. The third-order valence-corrected chi connectivity index (χ3v) is 4.67. The van der Waals surface area contributed by atoms with Crippen molar-refractivity contribution in [1.29, 1.82) is 0 Å². The van der Waals surface area contributed by atoms with Gasteiger partial charge in [0.05, 0.1) is 6.54 Å². The molecule has 2 rings (SSSR count). The van der Waals surface area contributed by atoms with E-state index in [1.54, 1.807) is 14.2 Å². The molecule has 2 aliphatic rings. The van der Waals surface area contributed by atoms with Gasteiger partial charge in [-0.25, -0.2) is 4.79 Å². The first-order valence-electron chi connectivity index (χ1n) is 8.12. The Hall–Kier alpha value is -1.10. The van der Waals surface area contributed by atoms with Crippen LogP contribution in [0.15, 0.2) is 4.99 Å². The first-order chi connectivity index (χ1) is 11.1. The second kappa shape index (κ2) is 10.0. The maximum atomic E-state index is 11.5. The molecule has 2 fully saturated rings. The number of ether oxygens (including phenoxy) is 1. The largest absolute Gasteiger partial charge is 0.385 e. The second-order valence-electron chi connectivity index (χ2n) is 6.15. The summed E-state index contributed by atoms with van der Waals surface area (Å²) in [4.78, 5) is 28.3. The molecule has 138 valence electrons. The molecule has 0 radical (unpaired) electrons. The van der Waals surface area contributed by atoms with Gasteiger partial charge in [0.2, 0.25) is 5.91 Å². The van der Waals surface area contributed by atoms with Gasteiger partial charge in [0, 0.05) is 40.4 Å². The van der Waals surface area contributed by atoms with E-state index in [1.165, 1.54) is 24.2 Å². The Bertz CT molecular complexity index is 452. The number of nitrogens with zero attached hydrogens (tertiary/aromatic N) is 2. The number of imide groups is 1. The molecule has 0 aromatic carbocycles. The molecule has 8 nitrogen and oxygen atoms in total. The zero-order valence-corrected chi connectivity index (χ0v) is 16.7.